The summed E-state index contributed by atoms with van der Waals surface area (Å²) in [6.07, 6.45) is 0. The molecule has 2 aromatic carbocycles. The van der Waals surface area contributed by atoms with Crippen LogP contribution in [0.1, 0.15) is 11.1 Å². The quantitative estimate of drug-likeness (QED) is 0.843. The van der Waals surface area contributed by atoms with Crippen LogP contribution in [0.5, 0.6) is 0 Å². The molecule has 0 bridgehead atoms. The number of benzene rings is 2. The molecule has 2 rings (SSSR count). The maximum absolute atomic E-state index is 6.11. The first-order valence-corrected chi connectivity index (χ1v) is 6.68. The second-order valence-electron chi connectivity index (χ2n) is 3.95. The van der Waals surface area contributed by atoms with Crippen molar-refractivity contribution in [2.75, 3.05) is 0 Å². The van der Waals surface area contributed by atoms with Crippen molar-refractivity contribution in [3.63, 3.8) is 0 Å². The van der Waals surface area contributed by atoms with E-state index in [2.05, 4.69) is 5.32 Å². The molecule has 1 N–H and O–H groups in total. The zero-order chi connectivity index (χ0) is 13.0. The topological polar surface area (TPSA) is 12.0 Å². The highest BCUT2D eigenvalue weighted by atomic mass is 35.5. The molecule has 0 saturated carbocycles. The third kappa shape index (κ3) is 3.63. The Morgan fingerprint density at radius 1 is 0.889 bits per heavy atom. The molecular formula is C14H12Cl3N. The highest BCUT2D eigenvalue weighted by molar-refractivity contribution is 6.42. The normalized spacial score (nSPS) is 10.6. The van der Waals surface area contributed by atoms with E-state index in [0.29, 0.717) is 16.6 Å². The smallest absolute Gasteiger partial charge is 0.0637 e. The van der Waals surface area contributed by atoms with Gasteiger partial charge in [0.15, 0.2) is 0 Å². The van der Waals surface area contributed by atoms with E-state index in [1.54, 1.807) is 6.07 Å². The van der Waals surface area contributed by atoms with Gasteiger partial charge in [-0.25, -0.2) is 0 Å². The number of hydrogen-bond donors (Lipinski definition) is 1. The van der Waals surface area contributed by atoms with E-state index in [-0.39, 0.29) is 0 Å². The minimum atomic E-state index is 0.582. The fourth-order valence-corrected chi connectivity index (χ4v) is 2.27. The lowest BCUT2D eigenvalue weighted by molar-refractivity contribution is 0.693. The predicted octanol–water partition coefficient (Wildman–Crippen LogP) is 4.94. The predicted molar refractivity (Wildman–Crippen MR) is 78.5 cm³/mol. The summed E-state index contributed by atoms with van der Waals surface area (Å²) in [4.78, 5) is 0. The zero-order valence-electron chi connectivity index (χ0n) is 9.59. The van der Waals surface area contributed by atoms with Gasteiger partial charge in [0.2, 0.25) is 0 Å². The van der Waals surface area contributed by atoms with Crippen LogP contribution < -0.4 is 5.32 Å². The average molecular weight is 301 g/mol. The van der Waals surface area contributed by atoms with Crippen LogP contribution in [0.4, 0.5) is 0 Å². The van der Waals surface area contributed by atoms with E-state index in [9.17, 15) is 0 Å². The lowest BCUT2D eigenvalue weighted by Gasteiger charge is -2.08. The molecule has 0 saturated heterocycles. The van der Waals surface area contributed by atoms with Gasteiger partial charge in [0.05, 0.1) is 10.0 Å². The van der Waals surface area contributed by atoms with Crippen LogP contribution in [-0.4, -0.2) is 0 Å². The van der Waals surface area contributed by atoms with Crippen LogP contribution in [0.3, 0.4) is 0 Å². The van der Waals surface area contributed by atoms with E-state index in [1.807, 2.05) is 36.4 Å². The summed E-state index contributed by atoms with van der Waals surface area (Å²) in [6.45, 7) is 1.41. The van der Waals surface area contributed by atoms with Crippen molar-refractivity contribution in [1.29, 1.82) is 0 Å². The molecule has 2 aromatic rings. The minimum Gasteiger partial charge on any atom is -0.309 e. The van der Waals surface area contributed by atoms with Crippen molar-refractivity contribution >= 4 is 34.8 Å². The molecule has 0 radical (unpaired) electrons. The minimum absolute atomic E-state index is 0.582. The maximum atomic E-state index is 6.11. The fraction of sp³-hybridized carbons (Fsp3) is 0.143. The first kappa shape index (κ1) is 13.7. The third-order valence-electron chi connectivity index (χ3n) is 2.57. The van der Waals surface area contributed by atoms with E-state index >= 15 is 0 Å². The first-order valence-electron chi connectivity index (χ1n) is 5.55. The van der Waals surface area contributed by atoms with Gasteiger partial charge in [0.1, 0.15) is 0 Å². The third-order valence-corrected chi connectivity index (χ3v) is 3.66. The van der Waals surface area contributed by atoms with Crippen molar-refractivity contribution in [1.82, 2.24) is 5.32 Å². The van der Waals surface area contributed by atoms with Crippen LogP contribution in [0.15, 0.2) is 42.5 Å². The summed E-state index contributed by atoms with van der Waals surface area (Å²) < 4.78 is 0. The molecular weight excluding hydrogens is 289 g/mol. The Bertz CT molecular complexity index is 540. The van der Waals surface area contributed by atoms with Gasteiger partial charge in [-0.1, -0.05) is 59.1 Å². The monoisotopic (exact) mass is 299 g/mol. The van der Waals surface area contributed by atoms with Crippen molar-refractivity contribution in [3.8, 4) is 0 Å². The molecule has 4 heteroatoms. The highest BCUT2D eigenvalue weighted by Gasteiger charge is 2.03. The van der Waals surface area contributed by atoms with Crippen LogP contribution in [0, 0.1) is 0 Å². The standard InChI is InChI=1S/C14H12Cl3N/c15-12-5-1-3-10(7-12)8-18-9-11-4-2-6-13(16)14(11)17/h1-7,18H,8-9H2. The van der Waals surface area contributed by atoms with Crippen molar-refractivity contribution in [3.05, 3.63) is 68.7 Å². The summed E-state index contributed by atoms with van der Waals surface area (Å²) in [5.74, 6) is 0. The van der Waals surface area contributed by atoms with Crippen molar-refractivity contribution in [2.45, 2.75) is 13.1 Å². The molecule has 0 unspecified atom stereocenters. The lowest BCUT2D eigenvalue weighted by Crippen LogP contribution is -2.12. The molecule has 0 spiro atoms. The first-order chi connectivity index (χ1) is 8.66. The van der Waals surface area contributed by atoms with E-state index in [1.165, 1.54) is 0 Å². The molecule has 0 amide bonds. The Morgan fingerprint density at radius 3 is 2.44 bits per heavy atom. The van der Waals surface area contributed by atoms with Crippen LogP contribution in [-0.2, 0) is 13.1 Å². The van der Waals surface area contributed by atoms with Crippen molar-refractivity contribution < 1.29 is 0 Å². The van der Waals surface area contributed by atoms with Gasteiger partial charge in [0.25, 0.3) is 0 Å². The molecule has 1 nitrogen and oxygen atoms in total. The second kappa shape index (κ2) is 6.44. The molecule has 0 heterocycles. The Hall–Kier alpha value is -0.730. The van der Waals surface area contributed by atoms with Gasteiger partial charge >= 0.3 is 0 Å². The van der Waals surface area contributed by atoms with Crippen LogP contribution >= 0.6 is 34.8 Å². The largest absolute Gasteiger partial charge is 0.309 e. The maximum Gasteiger partial charge on any atom is 0.0637 e. The number of hydrogen-bond acceptors (Lipinski definition) is 1. The Morgan fingerprint density at radius 2 is 1.67 bits per heavy atom. The van der Waals surface area contributed by atoms with Crippen molar-refractivity contribution in [2.24, 2.45) is 0 Å². The molecule has 0 aliphatic heterocycles. The molecule has 0 fully saturated rings. The average Bonchev–Trinajstić information content (AvgIpc) is 2.35. The van der Waals surface area contributed by atoms with Gasteiger partial charge < -0.3 is 5.32 Å². The van der Waals surface area contributed by atoms with Gasteiger partial charge in [-0.3, -0.25) is 0 Å². The summed E-state index contributed by atoms with van der Waals surface area (Å²) in [5, 5.41) is 5.25. The van der Waals surface area contributed by atoms with E-state index in [0.717, 1.165) is 22.7 Å². The summed E-state index contributed by atoms with van der Waals surface area (Å²) in [7, 11) is 0. The molecule has 0 aliphatic rings. The van der Waals surface area contributed by atoms with Gasteiger partial charge in [0, 0.05) is 18.1 Å². The molecule has 0 aromatic heterocycles. The molecule has 0 atom stereocenters. The van der Waals surface area contributed by atoms with Crippen LogP contribution in [0.25, 0.3) is 0 Å². The molecule has 94 valence electrons. The highest BCUT2D eigenvalue weighted by Crippen LogP contribution is 2.25. The second-order valence-corrected chi connectivity index (χ2v) is 5.17. The van der Waals surface area contributed by atoms with E-state index in [4.69, 9.17) is 34.8 Å². The Kier molecular flexibility index (Phi) is 4.90. The zero-order valence-corrected chi connectivity index (χ0v) is 11.9. The number of halogens is 3. The fourth-order valence-electron chi connectivity index (χ4n) is 1.67. The molecule has 18 heavy (non-hydrogen) atoms. The van der Waals surface area contributed by atoms with Gasteiger partial charge in [-0.15, -0.1) is 0 Å². The SMILES string of the molecule is Clc1cccc(CNCc2cccc(Cl)c2Cl)c1. The Labute approximate surface area is 122 Å². The number of rotatable bonds is 4. The lowest BCUT2D eigenvalue weighted by atomic mass is 10.2. The summed E-state index contributed by atoms with van der Waals surface area (Å²) >= 11 is 18.0. The number of nitrogens with one attached hydrogen (secondary N) is 1. The summed E-state index contributed by atoms with van der Waals surface area (Å²) in [5.41, 5.74) is 2.13. The molecule has 0 aliphatic carbocycles. The van der Waals surface area contributed by atoms with Gasteiger partial charge in [-0.2, -0.15) is 0 Å². The van der Waals surface area contributed by atoms with Gasteiger partial charge in [-0.05, 0) is 29.3 Å². The van der Waals surface area contributed by atoms with E-state index < -0.39 is 0 Å². The van der Waals surface area contributed by atoms with Crippen LogP contribution in [0.2, 0.25) is 15.1 Å². The Balaban J connectivity index is 1.94. The summed E-state index contributed by atoms with van der Waals surface area (Å²) in [6, 6.07) is 13.4.